The maximum absolute atomic E-state index is 9.16. The van der Waals surface area contributed by atoms with E-state index in [-0.39, 0.29) is 42.0 Å². The molecule has 0 saturated heterocycles. The molecule has 0 radical (unpaired) electrons. The van der Waals surface area contributed by atoms with Gasteiger partial charge in [0.15, 0.2) is 9.15 Å². The fourth-order valence-electron chi connectivity index (χ4n) is 0. The Hall–Kier alpha value is 1.31. The zero-order valence-corrected chi connectivity index (χ0v) is 8.83. The van der Waals surface area contributed by atoms with Crippen LogP contribution in [0, 0.1) is 12.4 Å². The molecular weight excluding hydrogens is 203 g/mol. The summed E-state index contributed by atoms with van der Waals surface area (Å²) < 4.78 is 45.7. The Labute approximate surface area is 82.3 Å². The summed E-state index contributed by atoms with van der Waals surface area (Å²) in [6, 6.07) is 0. The van der Waals surface area contributed by atoms with Crippen molar-refractivity contribution in [1.82, 2.24) is 0 Å². The van der Waals surface area contributed by atoms with Crippen molar-refractivity contribution in [3.63, 3.8) is 0 Å². The third kappa shape index (κ3) is 9.31. The maximum Gasteiger partial charge on any atom is 1.00 e. The van der Waals surface area contributed by atoms with Crippen molar-refractivity contribution in [1.29, 1.82) is 0 Å². The van der Waals surface area contributed by atoms with Crippen molar-refractivity contribution in [3.05, 3.63) is 0 Å². The summed E-state index contributed by atoms with van der Waals surface area (Å²) in [4.78, 5) is 0. The van der Waals surface area contributed by atoms with E-state index in [9.17, 15) is 0 Å². The molecule has 0 heterocycles. The average Bonchev–Trinajstić information content (AvgIpc) is 1.31. The molecule has 0 aromatic carbocycles. The van der Waals surface area contributed by atoms with Crippen molar-refractivity contribution >= 4 is 19.3 Å². The van der Waals surface area contributed by atoms with Crippen molar-refractivity contribution in [2.45, 2.75) is 0 Å². The van der Waals surface area contributed by atoms with E-state index in [0.717, 1.165) is 0 Å². The molecule has 9 heteroatoms. The van der Waals surface area contributed by atoms with Gasteiger partial charge in [-0.1, -0.05) is 0 Å². The van der Waals surface area contributed by atoms with Gasteiger partial charge in [-0.25, -0.2) is 8.42 Å². The molecule has 0 aromatic heterocycles. The molecule has 52 valence electrons. The van der Waals surface area contributed by atoms with Crippen LogP contribution < -0.4 is 29.6 Å². The van der Waals surface area contributed by atoms with Crippen LogP contribution in [0.3, 0.4) is 0 Å². The number of halogens is 1. The Kier molecular flexibility index (Phi) is 11.2. The van der Waals surface area contributed by atoms with Gasteiger partial charge in [0.05, 0.1) is 22.5 Å². The Morgan fingerprint density at radius 1 is 1.33 bits per heavy atom. The second kappa shape index (κ2) is 6.05. The van der Waals surface area contributed by atoms with Gasteiger partial charge in [-0.05, 0) is 0 Å². The third-order valence-electron chi connectivity index (χ3n) is 0.167. The van der Waals surface area contributed by atoms with Gasteiger partial charge in [-0.3, -0.25) is 4.21 Å². The van der Waals surface area contributed by atoms with Crippen molar-refractivity contribution in [2.75, 3.05) is 0 Å². The Balaban J connectivity index is -0.000000180. The molecule has 0 rings (SSSR count). The molecule has 1 atom stereocenters. The van der Waals surface area contributed by atoms with E-state index in [4.69, 9.17) is 21.7 Å². The minimum atomic E-state index is -5.07. The molecule has 1 unspecified atom stereocenters. The largest absolute Gasteiger partial charge is 1.00 e. The molecule has 0 aliphatic heterocycles. The van der Waals surface area contributed by atoms with Crippen molar-refractivity contribution < 1.29 is 63.7 Å². The van der Waals surface area contributed by atoms with Gasteiger partial charge >= 0.3 is 29.6 Å². The van der Waals surface area contributed by atoms with E-state index in [1.807, 2.05) is 0 Å². The molecular formula is H2ClNaO5S2. The first-order valence-electron chi connectivity index (χ1n) is 1.00. The molecule has 0 aliphatic carbocycles. The second-order valence-electron chi connectivity index (χ2n) is 0.612. The zero-order chi connectivity index (χ0) is 6.08. The van der Waals surface area contributed by atoms with Gasteiger partial charge < -0.3 is 9.11 Å². The minimum absolute atomic E-state index is 0. The quantitative estimate of drug-likeness (QED) is 0.184. The van der Waals surface area contributed by atoms with Crippen LogP contribution in [-0.4, -0.2) is 21.7 Å². The Morgan fingerprint density at radius 2 is 1.44 bits per heavy atom. The summed E-state index contributed by atoms with van der Waals surface area (Å²) in [5.41, 5.74) is 0. The molecule has 0 aromatic rings. The molecule has 0 saturated carbocycles. The van der Waals surface area contributed by atoms with E-state index >= 15 is 0 Å². The Morgan fingerprint density at radius 3 is 1.44 bits per heavy atom. The summed E-state index contributed by atoms with van der Waals surface area (Å²) >= 11 is 0. The van der Waals surface area contributed by atoms with Crippen LogP contribution in [0.25, 0.3) is 0 Å². The molecule has 0 bridgehead atoms. The van der Waals surface area contributed by atoms with Crippen molar-refractivity contribution in [2.24, 2.45) is 0 Å². The monoisotopic (exact) mass is 204 g/mol. The van der Waals surface area contributed by atoms with Gasteiger partial charge in [0.1, 0.15) is 0 Å². The van der Waals surface area contributed by atoms with E-state index in [1.54, 1.807) is 0 Å². The van der Waals surface area contributed by atoms with Crippen LogP contribution in [0.1, 0.15) is 0 Å². The molecule has 5 nitrogen and oxygen atoms in total. The standard InChI is InChI=1S/ClH2.Na.H2O5S2/c;;1-6(2)7(3,4)5/h1H2;;(H,1,2)(H,3,4,5)/q2*+1;/p-2. The van der Waals surface area contributed by atoms with E-state index < -0.39 is 19.3 Å². The molecule has 0 N–H and O–H groups in total. The SMILES string of the molecule is O=S([O-])S(=O)(=O)[O-].[ClH2+].[Na+]. The average molecular weight is 205 g/mol. The fraction of sp³-hybridized carbons (Fsp3) is 0. The van der Waals surface area contributed by atoms with Crippen LogP contribution in [-0.2, 0) is 19.3 Å². The van der Waals surface area contributed by atoms with Gasteiger partial charge in [0, 0.05) is 0 Å². The smallest absolute Gasteiger partial charge is 0.761 e. The first-order valence-corrected chi connectivity index (χ1v) is 4.00. The first kappa shape index (κ1) is 16.7. The second-order valence-corrected chi connectivity index (χ2v) is 3.88. The molecule has 9 heavy (non-hydrogen) atoms. The zero-order valence-electron chi connectivity index (χ0n) is 4.30. The fourth-order valence-corrected chi connectivity index (χ4v) is 0. The van der Waals surface area contributed by atoms with Crippen molar-refractivity contribution in [3.8, 4) is 0 Å². The van der Waals surface area contributed by atoms with Gasteiger partial charge in [-0.15, -0.1) is 0 Å². The molecule has 0 fully saturated rings. The third-order valence-corrected chi connectivity index (χ3v) is 1.50. The predicted molar refractivity (Wildman–Crippen MR) is 21.4 cm³/mol. The minimum Gasteiger partial charge on any atom is -0.761 e. The summed E-state index contributed by atoms with van der Waals surface area (Å²) in [7, 11) is -8.59. The van der Waals surface area contributed by atoms with Crippen LogP contribution in [0.5, 0.6) is 0 Å². The van der Waals surface area contributed by atoms with Crippen LogP contribution >= 0.6 is 0 Å². The van der Waals surface area contributed by atoms with E-state index in [0.29, 0.717) is 0 Å². The number of hydrogen-bond donors (Lipinski definition) is 0. The van der Waals surface area contributed by atoms with Gasteiger partial charge in [0.25, 0.3) is 0 Å². The van der Waals surface area contributed by atoms with Crippen LogP contribution in [0.15, 0.2) is 0 Å². The molecule has 0 aliphatic rings. The molecule has 0 amide bonds. The van der Waals surface area contributed by atoms with E-state index in [2.05, 4.69) is 0 Å². The van der Waals surface area contributed by atoms with Crippen LogP contribution in [0.2, 0.25) is 0 Å². The maximum atomic E-state index is 9.16. The first-order chi connectivity index (χ1) is 2.94. The summed E-state index contributed by atoms with van der Waals surface area (Å²) in [6.45, 7) is 0. The molecule has 0 spiro atoms. The van der Waals surface area contributed by atoms with E-state index in [1.165, 1.54) is 0 Å². The normalized spacial score (nSPS) is 12.7. The Bertz CT molecular complexity index is 169. The predicted octanol–water partition coefficient (Wildman–Crippen LogP) is -5.21. The number of hydrogen-bond acceptors (Lipinski definition) is 5. The van der Waals surface area contributed by atoms with Gasteiger partial charge in [-0.2, -0.15) is 0 Å². The van der Waals surface area contributed by atoms with Crippen LogP contribution in [0.4, 0.5) is 0 Å². The summed E-state index contributed by atoms with van der Waals surface area (Å²) in [6.07, 6.45) is 0. The number of rotatable bonds is 1. The summed E-state index contributed by atoms with van der Waals surface area (Å²) in [5, 5.41) is 0. The topological polar surface area (TPSA) is 97.3 Å². The summed E-state index contributed by atoms with van der Waals surface area (Å²) in [5.74, 6) is 0. The van der Waals surface area contributed by atoms with Gasteiger partial charge in [0.2, 0.25) is 0 Å².